The molecule has 0 bridgehead atoms. The van der Waals surface area contributed by atoms with E-state index in [1.807, 2.05) is 10.8 Å². The smallest absolute Gasteiger partial charge is 0.185 e. The molecule has 0 N–H and O–H groups in total. The number of hydrogen-bond donors (Lipinski definition) is 0. The van der Waals surface area contributed by atoms with Gasteiger partial charge >= 0.3 is 0 Å². The van der Waals surface area contributed by atoms with Gasteiger partial charge < -0.3 is 4.57 Å². The Morgan fingerprint density at radius 3 is 2.73 bits per heavy atom. The first-order chi connectivity index (χ1) is 7.29. The van der Waals surface area contributed by atoms with Crippen molar-refractivity contribution in [1.82, 2.24) is 9.55 Å². The van der Waals surface area contributed by atoms with E-state index < -0.39 is 0 Å². The highest BCUT2D eigenvalue weighted by Gasteiger charge is 2.01. The zero-order valence-corrected chi connectivity index (χ0v) is 8.55. The molecule has 2 rings (SSSR count). The molecule has 0 saturated heterocycles. The molecule has 0 saturated carbocycles. The Morgan fingerprint density at radius 1 is 1.33 bits per heavy atom. The molecule has 0 unspecified atom stereocenters. The molecule has 0 spiro atoms. The number of imidazole rings is 1. The van der Waals surface area contributed by atoms with Crippen molar-refractivity contribution in [2.75, 3.05) is 0 Å². The van der Waals surface area contributed by atoms with Crippen LogP contribution in [0.1, 0.15) is 21.7 Å². The SMILES string of the molecule is Cc1ccc(Cn2ccnc2C=O)cc1. The van der Waals surface area contributed by atoms with Crippen molar-refractivity contribution in [1.29, 1.82) is 0 Å². The Hall–Kier alpha value is -1.90. The topological polar surface area (TPSA) is 34.9 Å². The maximum Gasteiger partial charge on any atom is 0.185 e. The second-order valence-electron chi connectivity index (χ2n) is 3.52. The molecular weight excluding hydrogens is 188 g/mol. The van der Waals surface area contributed by atoms with Crippen LogP contribution >= 0.6 is 0 Å². The maximum atomic E-state index is 10.6. The van der Waals surface area contributed by atoms with Gasteiger partial charge in [0.15, 0.2) is 12.1 Å². The highest BCUT2D eigenvalue weighted by atomic mass is 16.1. The zero-order chi connectivity index (χ0) is 10.7. The molecule has 0 fully saturated rings. The van der Waals surface area contributed by atoms with E-state index in [1.54, 1.807) is 6.20 Å². The molecule has 1 aromatic heterocycles. The Morgan fingerprint density at radius 2 is 2.07 bits per heavy atom. The average Bonchev–Trinajstić information content (AvgIpc) is 2.69. The molecule has 0 aliphatic heterocycles. The van der Waals surface area contributed by atoms with Crippen LogP contribution in [0.2, 0.25) is 0 Å². The van der Waals surface area contributed by atoms with Crippen LogP contribution < -0.4 is 0 Å². The number of nitrogens with zero attached hydrogens (tertiary/aromatic N) is 2. The Labute approximate surface area is 88.4 Å². The van der Waals surface area contributed by atoms with Gasteiger partial charge in [-0.05, 0) is 12.5 Å². The number of aryl methyl sites for hydroxylation is 1. The van der Waals surface area contributed by atoms with Gasteiger partial charge in [-0.15, -0.1) is 0 Å². The molecule has 76 valence electrons. The van der Waals surface area contributed by atoms with Crippen LogP contribution in [-0.4, -0.2) is 15.8 Å². The lowest BCUT2D eigenvalue weighted by Gasteiger charge is -2.04. The predicted octanol–water partition coefficient (Wildman–Crippen LogP) is 2.05. The third-order valence-corrected chi connectivity index (χ3v) is 2.33. The summed E-state index contributed by atoms with van der Waals surface area (Å²) in [5.74, 6) is 0.468. The average molecular weight is 200 g/mol. The van der Waals surface area contributed by atoms with Gasteiger partial charge in [0.2, 0.25) is 0 Å². The molecule has 3 heteroatoms. The van der Waals surface area contributed by atoms with Gasteiger partial charge in [0.25, 0.3) is 0 Å². The summed E-state index contributed by atoms with van der Waals surface area (Å²) in [4.78, 5) is 14.6. The van der Waals surface area contributed by atoms with E-state index in [1.165, 1.54) is 11.1 Å². The maximum absolute atomic E-state index is 10.6. The monoisotopic (exact) mass is 200 g/mol. The first-order valence-corrected chi connectivity index (χ1v) is 4.81. The molecule has 3 nitrogen and oxygen atoms in total. The van der Waals surface area contributed by atoms with Crippen LogP contribution in [0.4, 0.5) is 0 Å². The molecular formula is C12H12N2O. The fraction of sp³-hybridized carbons (Fsp3) is 0.167. The quantitative estimate of drug-likeness (QED) is 0.711. The first kappa shape index (κ1) is 9.65. The van der Waals surface area contributed by atoms with E-state index >= 15 is 0 Å². The molecule has 0 aliphatic carbocycles. The first-order valence-electron chi connectivity index (χ1n) is 4.81. The van der Waals surface area contributed by atoms with Crippen molar-refractivity contribution in [3.63, 3.8) is 0 Å². The minimum atomic E-state index is 0.468. The summed E-state index contributed by atoms with van der Waals surface area (Å²) in [7, 11) is 0. The summed E-state index contributed by atoms with van der Waals surface area (Å²) in [6.07, 6.45) is 4.22. The lowest BCUT2D eigenvalue weighted by atomic mass is 10.1. The van der Waals surface area contributed by atoms with Gasteiger partial charge in [-0.3, -0.25) is 4.79 Å². The molecule has 1 aromatic carbocycles. The van der Waals surface area contributed by atoms with Crippen molar-refractivity contribution >= 4 is 6.29 Å². The molecule has 0 radical (unpaired) electrons. The third kappa shape index (κ3) is 2.13. The summed E-state index contributed by atoms with van der Waals surface area (Å²) >= 11 is 0. The standard InChI is InChI=1S/C12H12N2O/c1-10-2-4-11(5-3-10)8-14-7-6-13-12(14)9-15/h2-7,9H,8H2,1H3. The third-order valence-electron chi connectivity index (χ3n) is 2.33. The summed E-state index contributed by atoms with van der Waals surface area (Å²) < 4.78 is 1.83. The summed E-state index contributed by atoms with van der Waals surface area (Å²) in [5, 5.41) is 0. The van der Waals surface area contributed by atoms with Gasteiger partial charge in [0.05, 0.1) is 0 Å². The lowest BCUT2D eigenvalue weighted by Crippen LogP contribution is -2.03. The van der Waals surface area contributed by atoms with E-state index in [9.17, 15) is 4.79 Å². The largest absolute Gasteiger partial charge is 0.324 e. The van der Waals surface area contributed by atoms with Gasteiger partial charge in [0, 0.05) is 18.9 Å². The van der Waals surface area contributed by atoms with Crippen LogP contribution in [-0.2, 0) is 6.54 Å². The number of benzene rings is 1. The molecule has 0 aliphatic rings. The van der Waals surface area contributed by atoms with Crippen LogP contribution in [0.3, 0.4) is 0 Å². The van der Waals surface area contributed by atoms with Gasteiger partial charge in [-0.2, -0.15) is 0 Å². The molecule has 15 heavy (non-hydrogen) atoms. The fourth-order valence-corrected chi connectivity index (χ4v) is 1.46. The molecule has 0 atom stereocenters. The van der Waals surface area contributed by atoms with Crippen LogP contribution in [0.5, 0.6) is 0 Å². The number of carbonyl (C=O) groups is 1. The van der Waals surface area contributed by atoms with Crippen molar-refractivity contribution in [2.24, 2.45) is 0 Å². The van der Waals surface area contributed by atoms with Crippen LogP contribution in [0, 0.1) is 6.92 Å². The predicted molar refractivity (Wildman–Crippen MR) is 57.9 cm³/mol. The number of aldehydes is 1. The van der Waals surface area contributed by atoms with Crippen LogP contribution in [0.25, 0.3) is 0 Å². The lowest BCUT2D eigenvalue weighted by molar-refractivity contribution is 0.111. The zero-order valence-electron chi connectivity index (χ0n) is 8.55. The van der Waals surface area contributed by atoms with E-state index in [0.29, 0.717) is 12.4 Å². The number of aromatic nitrogens is 2. The summed E-state index contributed by atoms with van der Waals surface area (Å²) in [6.45, 7) is 2.74. The minimum Gasteiger partial charge on any atom is -0.324 e. The van der Waals surface area contributed by atoms with Gasteiger partial charge in [-0.25, -0.2) is 4.98 Å². The second-order valence-corrected chi connectivity index (χ2v) is 3.52. The number of carbonyl (C=O) groups excluding carboxylic acids is 1. The van der Waals surface area contributed by atoms with Crippen molar-refractivity contribution < 1.29 is 4.79 Å². The summed E-state index contributed by atoms with van der Waals surface area (Å²) in [5.41, 5.74) is 2.40. The highest BCUT2D eigenvalue weighted by molar-refractivity contribution is 5.69. The van der Waals surface area contributed by atoms with Gasteiger partial charge in [0.1, 0.15) is 0 Å². The minimum absolute atomic E-state index is 0.468. The van der Waals surface area contributed by atoms with Crippen molar-refractivity contribution in [2.45, 2.75) is 13.5 Å². The van der Waals surface area contributed by atoms with E-state index in [0.717, 1.165) is 6.29 Å². The van der Waals surface area contributed by atoms with E-state index in [2.05, 4.69) is 36.2 Å². The fourth-order valence-electron chi connectivity index (χ4n) is 1.46. The summed E-state index contributed by atoms with van der Waals surface area (Å²) in [6, 6.07) is 8.24. The molecule has 2 aromatic rings. The number of rotatable bonds is 3. The molecule has 1 heterocycles. The van der Waals surface area contributed by atoms with Crippen molar-refractivity contribution in [3.05, 3.63) is 53.6 Å². The normalized spacial score (nSPS) is 10.2. The highest BCUT2D eigenvalue weighted by Crippen LogP contribution is 2.06. The van der Waals surface area contributed by atoms with E-state index in [-0.39, 0.29) is 0 Å². The Balaban J connectivity index is 2.21. The van der Waals surface area contributed by atoms with Crippen LogP contribution in [0.15, 0.2) is 36.7 Å². The van der Waals surface area contributed by atoms with Gasteiger partial charge in [-0.1, -0.05) is 29.8 Å². The Bertz CT molecular complexity index is 457. The Kier molecular flexibility index (Phi) is 2.63. The molecule has 0 amide bonds. The second kappa shape index (κ2) is 4.09. The van der Waals surface area contributed by atoms with E-state index in [4.69, 9.17) is 0 Å². The van der Waals surface area contributed by atoms with Crippen molar-refractivity contribution in [3.8, 4) is 0 Å². The number of hydrogen-bond acceptors (Lipinski definition) is 2.